The van der Waals surface area contributed by atoms with Crippen molar-refractivity contribution in [1.82, 2.24) is 19.9 Å². The Bertz CT molecular complexity index is 1550. The summed E-state index contributed by atoms with van der Waals surface area (Å²) in [6.45, 7) is 5.49. The van der Waals surface area contributed by atoms with Gasteiger partial charge in [0.1, 0.15) is 0 Å². The van der Waals surface area contributed by atoms with Crippen LogP contribution in [0.25, 0.3) is 11.4 Å². The van der Waals surface area contributed by atoms with Crippen LogP contribution in [0.1, 0.15) is 38.5 Å². The highest BCUT2D eigenvalue weighted by Gasteiger charge is 2.41. The summed E-state index contributed by atoms with van der Waals surface area (Å²) in [5, 5.41) is 26.1. The molecule has 4 atom stereocenters. The molecule has 1 aromatic heterocycles. The Morgan fingerprint density at radius 3 is 1.79 bits per heavy atom. The molecule has 48 heavy (non-hydrogen) atoms. The van der Waals surface area contributed by atoms with Gasteiger partial charge < -0.3 is 40.3 Å². The van der Waals surface area contributed by atoms with Gasteiger partial charge in [-0.15, -0.1) is 0 Å². The van der Waals surface area contributed by atoms with Gasteiger partial charge in [0.15, 0.2) is 5.82 Å². The van der Waals surface area contributed by atoms with Crippen molar-refractivity contribution in [2.45, 2.75) is 68.7 Å². The average molecular weight is 656 g/mol. The van der Waals surface area contributed by atoms with Crippen molar-refractivity contribution in [2.24, 2.45) is 0 Å². The molecule has 4 aliphatic heterocycles. The monoisotopic (exact) mass is 655 g/mol. The number of urea groups is 1. The normalized spacial score (nSPS) is 25.8. The van der Waals surface area contributed by atoms with Crippen LogP contribution < -0.4 is 25.3 Å². The van der Waals surface area contributed by atoms with E-state index in [1.165, 1.54) is 18.5 Å². The van der Waals surface area contributed by atoms with Crippen LogP contribution in [0, 0.1) is 0 Å². The number of fused-ring (bicyclic) bond motifs is 2. The molecule has 254 valence electrons. The first-order valence-electron chi connectivity index (χ1n) is 17.5. The second-order valence-corrected chi connectivity index (χ2v) is 13.7. The predicted octanol–water partition coefficient (Wildman–Crippen LogP) is 3.16. The van der Waals surface area contributed by atoms with Crippen molar-refractivity contribution >= 4 is 35.0 Å². The quantitative estimate of drug-likeness (QED) is 0.270. The molecule has 0 radical (unpaired) electrons. The number of nitrogens with zero attached hydrogens (tertiary/aromatic N) is 7. The molecular formula is C35H45N9O4. The minimum Gasteiger partial charge on any atom is -0.394 e. The van der Waals surface area contributed by atoms with Gasteiger partial charge in [-0.1, -0.05) is 0 Å². The molecule has 2 bridgehead atoms. The summed E-state index contributed by atoms with van der Waals surface area (Å²) in [6, 6.07) is 16.1. The number of aliphatic hydroxyl groups is 2. The lowest BCUT2D eigenvalue weighted by Gasteiger charge is -2.36. The highest BCUT2D eigenvalue weighted by molar-refractivity contribution is 6.00. The number of rotatable bonds is 9. The SMILES string of the molecule is O=C(Nc1ccc(-c2nc(N3C(CO)CCC3CO)nc(N3C4CCC3COC4)n2)cc1)Nc1ccc(N2CCN(C3CC3)CC2)cc1. The first-order valence-corrected chi connectivity index (χ1v) is 17.5. The number of aliphatic hydroxyl groups excluding tert-OH is 2. The minimum absolute atomic E-state index is 0.0418. The van der Waals surface area contributed by atoms with Gasteiger partial charge in [0.25, 0.3) is 0 Å². The van der Waals surface area contributed by atoms with Crippen molar-refractivity contribution in [3.63, 3.8) is 0 Å². The van der Waals surface area contributed by atoms with E-state index in [1.54, 1.807) is 0 Å². The number of morpholine rings is 1. The molecule has 13 nitrogen and oxygen atoms in total. The van der Waals surface area contributed by atoms with Crippen LogP contribution in [0.3, 0.4) is 0 Å². The Morgan fingerprint density at radius 1 is 0.688 bits per heavy atom. The number of amides is 2. The lowest BCUT2D eigenvalue weighted by molar-refractivity contribution is 0.0897. The first-order chi connectivity index (χ1) is 23.6. The highest BCUT2D eigenvalue weighted by Crippen LogP contribution is 2.36. The van der Waals surface area contributed by atoms with Crippen LogP contribution >= 0.6 is 0 Å². The first kappa shape index (κ1) is 31.2. The third-order valence-corrected chi connectivity index (χ3v) is 10.6. The fraction of sp³-hybridized carbons (Fsp3) is 0.543. The van der Waals surface area contributed by atoms with Crippen molar-refractivity contribution in [3.8, 4) is 11.4 Å². The maximum Gasteiger partial charge on any atom is 0.323 e. The van der Waals surface area contributed by atoms with Gasteiger partial charge in [0.05, 0.1) is 50.6 Å². The summed E-state index contributed by atoms with van der Waals surface area (Å²) in [5.41, 5.74) is 3.33. The van der Waals surface area contributed by atoms with Crippen LogP contribution in [-0.4, -0.2) is 119 Å². The second-order valence-electron chi connectivity index (χ2n) is 13.7. The van der Waals surface area contributed by atoms with Gasteiger partial charge in [0, 0.05) is 54.8 Å². The van der Waals surface area contributed by atoms with E-state index >= 15 is 0 Å². The number of hydrogen-bond donors (Lipinski definition) is 4. The summed E-state index contributed by atoms with van der Waals surface area (Å²) < 4.78 is 5.81. The Hall–Kier alpha value is -4.04. The van der Waals surface area contributed by atoms with E-state index in [1.807, 2.05) is 41.3 Å². The van der Waals surface area contributed by atoms with Crippen LogP contribution in [-0.2, 0) is 4.74 Å². The Balaban J connectivity index is 0.958. The van der Waals surface area contributed by atoms with Crippen LogP contribution in [0.4, 0.5) is 33.8 Å². The molecule has 1 aliphatic carbocycles. The molecule has 1 saturated carbocycles. The predicted molar refractivity (Wildman–Crippen MR) is 185 cm³/mol. The molecular weight excluding hydrogens is 610 g/mol. The van der Waals surface area contributed by atoms with E-state index < -0.39 is 0 Å². The van der Waals surface area contributed by atoms with Crippen molar-refractivity contribution in [3.05, 3.63) is 48.5 Å². The minimum atomic E-state index is -0.319. The van der Waals surface area contributed by atoms with Gasteiger partial charge >= 0.3 is 6.03 Å². The number of benzene rings is 2. The number of carbonyl (C=O) groups excluding carboxylic acids is 1. The zero-order valence-electron chi connectivity index (χ0n) is 27.2. The van der Waals surface area contributed by atoms with Crippen molar-refractivity contribution in [1.29, 1.82) is 0 Å². The largest absolute Gasteiger partial charge is 0.394 e. The molecule has 8 rings (SSSR count). The maximum atomic E-state index is 12.9. The summed E-state index contributed by atoms with van der Waals surface area (Å²) in [5.74, 6) is 1.56. The number of piperazine rings is 1. The van der Waals surface area contributed by atoms with E-state index in [4.69, 9.17) is 19.7 Å². The summed E-state index contributed by atoms with van der Waals surface area (Å²) in [4.78, 5) is 36.9. The molecule has 5 aliphatic rings. The lowest BCUT2D eigenvalue weighted by atomic mass is 10.2. The number of nitrogens with one attached hydrogen (secondary N) is 2. The molecule has 4 unspecified atom stereocenters. The maximum absolute atomic E-state index is 12.9. The van der Waals surface area contributed by atoms with Crippen LogP contribution in [0.2, 0.25) is 0 Å². The number of carbonyl (C=O) groups is 1. The highest BCUT2D eigenvalue weighted by atomic mass is 16.5. The summed E-state index contributed by atoms with van der Waals surface area (Å²) >= 11 is 0. The number of hydrogen-bond acceptors (Lipinski definition) is 11. The fourth-order valence-electron chi connectivity index (χ4n) is 7.85. The number of anilines is 5. The second kappa shape index (κ2) is 13.5. The van der Waals surface area contributed by atoms with Gasteiger partial charge in [-0.3, -0.25) is 4.90 Å². The molecule has 5 heterocycles. The third kappa shape index (κ3) is 6.39. The molecule has 2 amide bonds. The Kier molecular flexibility index (Phi) is 8.76. The molecule has 5 fully saturated rings. The van der Waals surface area contributed by atoms with E-state index in [-0.39, 0.29) is 43.4 Å². The molecule has 0 spiro atoms. The Morgan fingerprint density at radius 2 is 1.23 bits per heavy atom. The molecule has 13 heteroatoms. The van der Waals surface area contributed by atoms with Gasteiger partial charge in [-0.25, -0.2) is 4.79 Å². The summed E-state index contributed by atoms with van der Waals surface area (Å²) in [7, 11) is 0. The van der Waals surface area contributed by atoms with E-state index in [0.717, 1.165) is 69.2 Å². The third-order valence-electron chi connectivity index (χ3n) is 10.6. The molecule has 4 saturated heterocycles. The van der Waals surface area contributed by atoms with E-state index in [9.17, 15) is 15.0 Å². The lowest BCUT2D eigenvalue weighted by Crippen LogP contribution is -2.47. The zero-order valence-corrected chi connectivity index (χ0v) is 27.2. The smallest absolute Gasteiger partial charge is 0.323 e. The number of ether oxygens (including phenoxy) is 1. The average Bonchev–Trinajstić information content (AvgIpc) is 3.84. The molecule has 3 aromatic rings. The van der Waals surface area contributed by atoms with Crippen molar-refractivity contribution < 1.29 is 19.7 Å². The zero-order chi connectivity index (χ0) is 32.6. The Labute approximate surface area is 280 Å². The van der Waals surface area contributed by atoms with Gasteiger partial charge in [-0.2, -0.15) is 15.0 Å². The summed E-state index contributed by atoms with van der Waals surface area (Å²) in [6.07, 6.45) is 6.25. The number of aromatic nitrogens is 3. The standard InChI is InChI=1S/C35H45N9O4/c45-19-28-11-12-29(20-46)43(28)33-38-32(39-34(40-33)44-30-13-14-31(44)22-48-21-30)23-1-3-24(4-2-23)36-35(47)37-25-5-7-26(8-6-25)41-15-17-42(18-16-41)27-9-10-27/h1-8,27-31,45-46H,9-22H2,(H2,36,37,47). The van der Waals surface area contributed by atoms with Gasteiger partial charge in [0.2, 0.25) is 11.9 Å². The van der Waals surface area contributed by atoms with Crippen LogP contribution in [0.15, 0.2) is 48.5 Å². The molecule has 4 N–H and O–H groups in total. The fourth-order valence-corrected chi connectivity index (χ4v) is 7.85. The van der Waals surface area contributed by atoms with Gasteiger partial charge in [-0.05, 0) is 87.1 Å². The van der Waals surface area contributed by atoms with E-state index in [0.29, 0.717) is 36.6 Å². The van der Waals surface area contributed by atoms with Crippen LogP contribution in [0.5, 0.6) is 0 Å². The topological polar surface area (TPSA) is 142 Å². The van der Waals surface area contributed by atoms with Crippen molar-refractivity contribution in [2.75, 3.05) is 77.9 Å². The van der Waals surface area contributed by atoms with E-state index in [2.05, 4.69) is 37.5 Å². The molecule has 2 aromatic carbocycles.